The Morgan fingerprint density at radius 2 is 1.78 bits per heavy atom. The number of carbonyl (C=O) groups is 1. The van der Waals surface area contributed by atoms with Crippen LogP contribution in [0.3, 0.4) is 0 Å². The van der Waals surface area contributed by atoms with Crippen LogP contribution in [0.25, 0.3) is 0 Å². The Morgan fingerprint density at radius 3 is 2.56 bits per heavy atom. The van der Waals surface area contributed by atoms with E-state index in [4.69, 9.17) is 5.26 Å². The highest BCUT2D eigenvalue weighted by Gasteiger charge is 2.21. The van der Waals surface area contributed by atoms with Crippen LogP contribution in [0.15, 0.2) is 48.5 Å². The first-order valence-electron chi connectivity index (χ1n) is 12.1. The molecule has 0 spiro atoms. The van der Waals surface area contributed by atoms with Crippen LogP contribution in [0.5, 0.6) is 0 Å². The van der Waals surface area contributed by atoms with E-state index in [0.717, 1.165) is 71.2 Å². The summed E-state index contributed by atoms with van der Waals surface area (Å²) in [4.78, 5) is 17.4. The Bertz CT molecular complexity index is 925. The van der Waals surface area contributed by atoms with E-state index in [-0.39, 0.29) is 11.9 Å². The molecule has 32 heavy (non-hydrogen) atoms. The molecule has 0 radical (unpaired) electrons. The molecule has 0 saturated carbocycles. The maximum atomic E-state index is 12.5. The minimum atomic E-state index is 0.194. The van der Waals surface area contributed by atoms with E-state index in [9.17, 15) is 4.79 Å². The lowest BCUT2D eigenvalue weighted by molar-refractivity contribution is -0.122. The summed E-state index contributed by atoms with van der Waals surface area (Å²) in [6.07, 6.45) is 7.18. The van der Waals surface area contributed by atoms with Crippen LogP contribution in [-0.4, -0.2) is 43.5 Å². The van der Waals surface area contributed by atoms with Gasteiger partial charge in [0, 0.05) is 38.3 Å². The lowest BCUT2D eigenvalue weighted by Crippen LogP contribution is -2.46. The van der Waals surface area contributed by atoms with Crippen molar-refractivity contribution in [2.45, 2.75) is 51.0 Å². The highest BCUT2D eigenvalue weighted by molar-refractivity contribution is 5.76. The molecule has 0 aromatic heterocycles. The van der Waals surface area contributed by atoms with E-state index in [1.54, 1.807) is 0 Å². The van der Waals surface area contributed by atoms with Crippen molar-refractivity contribution in [3.63, 3.8) is 0 Å². The molecule has 5 heteroatoms. The van der Waals surface area contributed by atoms with Crippen LogP contribution >= 0.6 is 0 Å². The van der Waals surface area contributed by atoms with E-state index in [1.165, 1.54) is 16.8 Å². The molecule has 2 aromatic carbocycles. The second-order valence-electron chi connectivity index (χ2n) is 9.01. The van der Waals surface area contributed by atoms with Gasteiger partial charge in [-0.3, -0.25) is 9.69 Å². The fraction of sp³-hybridized carbons (Fsp3) is 0.481. The second-order valence-corrected chi connectivity index (χ2v) is 9.01. The number of hydrogen-bond acceptors (Lipinski definition) is 4. The number of amides is 1. The fourth-order valence-corrected chi connectivity index (χ4v) is 4.94. The summed E-state index contributed by atoms with van der Waals surface area (Å²) >= 11 is 0. The lowest BCUT2D eigenvalue weighted by Gasteiger charge is -2.36. The number of anilines is 1. The zero-order valence-corrected chi connectivity index (χ0v) is 18.9. The van der Waals surface area contributed by atoms with Crippen LogP contribution < -0.4 is 10.2 Å². The van der Waals surface area contributed by atoms with Crippen molar-refractivity contribution in [2.24, 2.45) is 0 Å². The molecule has 1 aliphatic heterocycles. The van der Waals surface area contributed by atoms with Crippen molar-refractivity contribution in [3.05, 3.63) is 65.2 Å². The summed E-state index contributed by atoms with van der Waals surface area (Å²) in [7, 11) is 0. The normalized spacial score (nSPS) is 18.6. The number of hydrogen-bond donors (Lipinski definition) is 1. The van der Waals surface area contributed by atoms with Crippen molar-refractivity contribution in [1.29, 1.82) is 5.26 Å². The Kier molecular flexibility index (Phi) is 7.79. The number of aryl methyl sites for hydroxylation is 1. The molecule has 4 rings (SSSR count). The molecule has 5 nitrogen and oxygen atoms in total. The van der Waals surface area contributed by atoms with Gasteiger partial charge >= 0.3 is 0 Å². The zero-order chi connectivity index (χ0) is 22.2. The topological polar surface area (TPSA) is 59.4 Å². The van der Waals surface area contributed by atoms with Gasteiger partial charge in [0.2, 0.25) is 5.91 Å². The number of nitrogens with zero attached hydrogens (tertiary/aromatic N) is 3. The van der Waals surface area contributed by atoms with Crippen molar-refractivity contribution in [1.82, 2.24) is 10.2 Å². The zero-order valence-electron chi connectivity index (χ0n) is 18.9. The quantitative estimate of drug-likeness (QED) is 0.629. The Labute approximate surface area is 192 Å². The lowest BCUT2D eigenvalue weighted by atomic mass is 9.87. The maximum Gasteiger partial charge on any atom is 0.220 e. The third-order valence-electron chi connectivity index (χ3n) is 6.82. The Balaban J connectivity index is 1.10. The maximum absolute atomic E-state index is 12.5. The van der Waals surface area contributed by atoms with Gasteiger partial charge in [0.25, 0.3) is 0 Å². The molecule has 1 amide bonds. The van der Waals surface area contributed by atoms with E-state index in [1.807, 2.05) is 24.3 Å². The molecule has 2 aromatic rings. The van der Waals surface area contributed by atoms with Gasteiger partial charge in [0.15, 0.2) is 0 Å². The first-order chi connectivity index (χ1) is 15.7. The highest BCUT2D eigenvalue weighted by atomic mass is 16.1. The number of fused-ring (bicyclic) bond motifs is 1. The molecule has 1 atom stereocenters. The molecule has 1 saturated heterocycles. The summed E-state index contributed by atoms with van der Waals surface area (Å²) in [5.74, 6) is 0.197. The molecule has 2 aliphatic rings. The molecule has 1 fully saturated rings. The molecule has 1 aliphatic carbocycles. The van der Waals surface area contributed by atoms with E-state index >= 15 is 0 Å². The average molecular weight is 431 g/mol. The van der Waals surface area contributed by atoms with Crippen LogP contribution in [0.1, 0.15) is 61.3 Å². The molecular formula is C27H34N4O. The van der Waals surface area contributed by atoms with Gasteiger partial charge in [0.05, 0.1) is 17.7 Å². The first-order valence-corrected chi connectivity index (χ1v) is 12.1. The SMILES string of the molecule is N#Cc1ccc(N2CCN(CCCCCC(=O)NC3CCCc4ccccc43)CC2)cc1. The van der Waals surface area contributed by atoms with Gasteiger partial charge in [-0.2, -0.15) is 5.26 Å². The fourth-order valence-electron chi connectivity index (χ4n) is 4.94. The number of rotatable bonds is 8. The van der Waals surface area contributed by atoms with Gasteiger partial charge in [-0.25, -0.2) is 0 Å². The standard InChI is InChI=1S/C27H34N4O/c28-21-22-12-14-24(15-13-22)31-19-17-30(18-20-31)16-5-1-2-11-27(32)29-26-10-6-8-23-7-3-4-9-25(23)26/h3-4,7,9,12-15,26H,1-2,5-6,8,10-11,16-20H2,(H,29,32). The molecule has 1 N–H and O–H groups in total. The van der Waals surface area contributed by atoms with Gasteiger partial charge in [-0.15, -0.1) is 0 Å². The number of nitrogens with one attached hydrogen (secondary N) is 1. The smallest absolute Gasteiger partial charge is 0.220 e. The largest absolute Gasteiger partial charge is 0.369 e. The number of nitriles is 1. The van der Waals surface area contributed by atoms with Crippen LogP contribution in [0, 0.1) is 11.3 Å². The van der Waals surface area contributed by atoms with Crippen LogP contribution in [0.2, 0.25) is 0 Å². The van der Waals surface area contributed by atoms with Gasteiger partial charge in [-0.05, 0) is 74.0 Å². The predicted molar refractivity (Wildman–Crippen MR) is 129 cm³/mol. The Morgan fingerprint density at radius 1 is 1.00 bits per heavy atom. The molecular weight excluding hydrogens is 396 g/mol. The third-order valence-corrected chi connectivity index (χ3v) is 6.82. The summed E-state index contributed by atoms with van der Waals surface area (Å²) in [5.41, 5.74) is 4.62. The molecule has 1 unspecified atom stereocenters. The third kappa shape index (κ3) is 5.89. The van der Waals surface area contributed by atoms with Crippen molar-refractivity contribution in [2.75, 3.05) is 37.6 Å². The van der Waals surface area contributed by atoms with Gasteiger partial charge in [0.1, 0.15) is 0 Å². The second kappa shape index (κ2) is 11.2. The summed E-state index contributed by atoms with van der Waals surface area (Å²) in [5, 5.41) is 12.2. The highest BCUT2D eigenvalue weighted by Crippen LogP contribution is 2.29. The summed E-state index contributed by atoms with van der Waals surface area (Å²) < 4.78 is 0. The van der Waals surface area contributed by atoms with Crippen LogP contribution in [0.4, 0.5) is 5.69 Å². The number of unbranched alkanes of at least 4 members (excludes halogenated alkanes) is 2. The summed E-state index contributed by atoms with van der Waals surface area (Å²) in [6, 6.07) is 18.8. The Hall–Kier alpha value is -2.84. The van der Waals surface area contributed by atoms with E-state index in [2.05, 4.69) is 45.5 Å². The number of benzene rings is 2. The minimum absolute atomic E-state index is 0.194. The van der Waals surface area contributed by atoms with Crippen molar-refractivity contribution >= 4 is 11.6 Å². The molecule has 0 bridgehead atoms. The van der Waals surface area contributed by atoms with E-state index in [0.29, 0.717) is 12.0 Å². The first kappa shape index (κ1) is 22.4. The van der Waals surface area contributed by atoms with Crippen molar-refractivity contribution < 1.29 is 4.79 Å². The minimum Gasteiger partial charge on any atom is -0.369 e. The van der Waals surface area contributed by atoms with Crippen LogP contribution in [-0.2, 0) is 11.2 Å². The number of carbonyl (C=O) groups excluding carboxylic acids is 1. The van der Waals surface area contributed by atoms with Gasteiger partial charge in [-0.1, -0.05) is 30.7 Å². The molecule has 168 valence electrons. The average Bonchev–Trinajstić information content (AvgIpc) is 2.84. The molecule has 1 heterocycles. The monoisotopic (exact) mass is 430 g/mol. The van der Waals surface area contributed by atoms with Gasteiger partial charge < -0.3 is 10.2 Å². The number of piperazine rings is 1. The predicted octanol–water partition coefficient (Wildman–Crippen LogP) is 4.43. The van der Waals surface area contributed by atoms with Crippen molar-refractivity contribution in [3.8, 4) is 6.07 Å². The van der Waals surface area contributed by atoms with E-state index < -0.39 is 0 Å². The summed E-state index contributed by atoms with van der Waals surface area (Å²) in [6.45, 7) is 5.30.